The maximum absolute atomic E-state index is 12.5. The first-order valence-corrected chi connectivity index (χ1v) is 17.7. The Morgan fingerprint density at radius 2 is 0.756 bits per heavy atom. The monoisotopic (exact) mass is 570 g/mol. The minimum Gasteiger partial charge on any atom is -0.449 e. The second-order valence-electron chi connectivity index (χ2n) is 12.6. The topological polar surface area (TPSA) is 46.5 Å². The van der Waals surface area contributed by atoms with Crippen LogP contribution < -0.4 is 0 Å². The van der Waals surface area contributed by atoms with Gasteiger partial charge in [-0.3, -0.25) is 0 Å². The average Bonchev–Trinajstić information content (AvgIpc) is 3.05. The Morgan fingerprint density at radius 3 is 1.00 bits per heavy atom. The van der Waals surface area contributed by atoms with Gasteiger partial charge in [0.2, 0.25) is 0 Å². The first kappa shape index (κ1) is 28.4. The summed E-state index contributed by atoms with van der Waals surface area (Å²) in [7, 11) is -2.47. The van der Waals surface area contributed by atoms with E-state index in [0.717, 1.165) is 14.7 Å². The van der Waals surface area contributed by atoms with E-state index in [-0.39, 0.29) is 0 Å². The molecule has 0 aromatic heterocycles. The summed E-state index contributed by atoms with van der Waals surface area (Å²) in [5, 5.41) is 10.2. The lowest BCUT2D eigenvalue weighted by Crippen LogP contribution is -2.13. The van der Waals surface area contributed by atoms with Gasteiger partial charge in [-0.25, -0.2) is 4.79 Å². The molecular weight excluding hydrogens is 524 g/mol. The average molecular weight is 571 g/mol. The molecule has 0 saturated heterocycles. The highest BCUT2D eigenvalue weighted by Gasteiger charge is 2.36. The molecule has 41 heavy (non-hydrogen) atoms. The van der Waals surface area contributed by atoms with Crippen molar-refractivity contribution in [2.75, 3.05) is 0 Å². The molecule has 3 aromatic rings. The van der Waals surface area contributed by atoms with Gasteiger partial charge in [-0.05, 0) is 120 Å². The van der Waals surface area contributed by atoms with E-state index in [1.165, 1.54) is 113 Å². The predicted octanol–water partition coefficient (Wildman–Crippen LogP) is 11.7. The molecule has 3 aliphatic rings. The van der Waals surface area contributed by atoms with Crippen LogP contribution in [0.15, 0.2) is 87.5 Å². The highest BCUT2D eigenvalue weighted by molar-refractivity contribution is 8.30. The first-order chi connectivity index (χ1) is 20.1. The van der Waals surface area contributed by atoms with Gasteiger partial charge in [-0.1, -0.05) is 94.2 Å². The lowest BCUT2D eigenvalue weighted by molar-refractivity contribution is 0.150. The van der Waals surface area contributed by atoms with E-state index in [1.54, 1.807) is 0 Å². The summed E-state index contributed by atoms with van der Waals surface area (Å²) in [6.45, 7) is 0. The van der Waals surface area contributed by atoms with E-state index in [9.17, 15) is 9.90 Å². The molecule has 3 aromatic carbocycles. The minimum atomic E-state index is -2.47. The first-order valence-electron chi connectivity index (χ1n) is 16.2. The molecule has 3 fully saturated rings. The third-order valence-corrected chi connectivity index (χ3v) is 13.3. The van der Waals surface area contributed by atoms with Crippen LogP contribution in [0.1, 0.15) is 131 Å². The molecule has 0 atom stereocenters. The molecule has 0 heterocycles. The minimum absolute atomic E-state index is 0.604. The summed E-state index contributed by atoms with van der Waals surface area (Å²) in [4.78, 5) is 15.3. The number of carboxylic acid groups (broad SMARTS) is 1. The van der Waals surface area contributed by atoms with Crippen molar-refractivity contribution < 1.29 is 14.1 Å². The Balaban J connectivity index is 1.42. The van der Waals surface area contributed by atoms with E-state index in [2.05, 4.69) is 72.8 Å². The second-order valence-corrected chi connectivity index (χ2v) is 15.3. The molecule has 3 aliphatic carbocycles. The van der Waals surface area contributed by atoms with Gasteiger partial charge in [0.05, 0.1) is 0 Å². The fraction of sp³-hybridized carbons (Fsp3) is 0.486. The fourth-order valence-electron chi connectivity index (χ4n) is 7.76. The Bertz CT molecular complexity index is 1110. The van der Waals surface area contributed by atoms with E-state index in [1.807, 2.05) is 0 Å². The van der Waals surface area contributed by atoms with Gasteiger partial charge in [0.15, 0.2) is 0 Å². The van der Waals surface area contributed by atoms with Gasteiger partial charge >= 0.3 is 6.16 Å². The summed E-state index contributed by atoms with van der Waals surface area (Å²) in [6, 6.07) is 26.4. The predicted molar refractivity (Wildman–Crippen MR) is 168 cm³/mol. The van der Waals surface area contributed by atoms with Gasteiger partial charge in [0.1, 0.15) is 0 Å². The highest BCUT2D eigenvalue weighted by Crippen LogP contribution is 2.69. The van der Waals surface area contributed by atoms with Crippen molar-refractivity contribution >= 4 is 16.5 Å². The van der Waals surface area contributed by atoms with Crippen molar-refractivity contribution in [3.8, 4) is 0 Å². The number of hydrogen-bond acceptors (Lipinski definition) is 2. The quantitative estimate of drug-likeness (QED) is 0.307. The maximum atomic E-state index is 12.5. The molecule has 0 radical (unpaired) electrons. The summed E-state index contributed by atoms with van der Waals surface area (Å²) in [5.74, 6) is 1.81. The van der Waals surface area contributed by atoms with E-state index in [0.29, 0.717) is 17.8 Å². The van der Waals surface area contributed by atoms with Crippen molar-refractivity contribution in [2.45, 2.75) is 129 Å². The summed E-state index contributed by atoms with van der Waals surface area (Å²) >= 11 is 0. The van der Waals surface area contributed by atoms with Crippen LogP contribution in [0, 0.1) is 0 Å². The van der Waals surface area contributed by atoms with Crippen LogP contribution in [-0.2, 0) is 4.18 Å². The molecule has 0 unspecified atom stereocenters. The molecule has 6 rings (SSSR count). The molecule has 0 bridgehead atoms. The molecule has 0 spiro atoms. The van der Waals surface area contributed by atoms with Gasteiger partial charge in [-0.15, -0.1) is 0 Å². The van der Waals surface area contributed by atoms with Crippen LogP contribution in [0.4, 0.5) is 4.79 Å². The number of rotatable bonds is 7. The number of benzene rings is 3. The van der Waals surface area contributed by atoms with E-state index in [4.69, 9.17) is 4.18 Å². The zero-order chi connectivity index (χ0) is 28.1. The Morgan fingerprint density at radius 1 is 0.488 bits per heavy atom. The van der Waals surface area contributed by atoms with Crippen LogP contribution in [0.2, 0.25) is 0 Å². The van der Waals surface area contributed by atoms with E-state index < -0.39 is 16.5 Å². The lowest BCUT2D eigenvalue weighted by atomic mass is 9.84. The van der Waals surface area contributed by atoms with Crippen LogP contribution in [-0.4, -0.2) is 11.3 Å². The van der Waals surface area contributed by atoms with Crippen LogP contribution in [0.3, 0.4) is 0 Å². The standard InChI is InChI=1S/C37H46O3S/c38-37(39)40-41(34-22-16-31(17-23-34)28-10-4-1-5-11-28,35-24-18-32(19-25-35)29-12-6-2-7-13-29)36-26-20-33(21-27-36)30-14-8-3-9-15-30/h16-30H,1-15H2,(H,38,39). The zero-order valence-electron chi connectivity index (χ0n) is 24.4. The van der Waals surface area contributed by atoms with Crippen molar-refractivity contribution in [3.05, 3.63) is 89.5 Å². The smallest absolute Gasteiger partial charge is 0.449 e. The van der Waals surface area contributed by atoms with E-state index >= 15 is 0 Å². The number of carbonyl (C=O) groups is 1. The van der Waals surface area contributed by atoms with Gasteiger partial charge in [0.25, 0.3) is 0 Å². The Labute approximate surface area is 248 Å². The molecule has 1 N–H and O–H groups in total. The van der Waals surface area contributed by atoms with Gasteiger partial charge in [0, 0.05) is 14.7 Å². The van der Waals surface area contributed by atoms with Gasteiger partial charge in [-0.2, -0.15) is 0 Å². The molecule has 3 saturated carbocycles. The molecule has 0 aliphatic heterocycles. The van der Waals surface area contributed by atoms with Crippen LogP contribution in [0.25, 0.3) is 0 Å². The Kier molecular flexibility index (Phi) is 9.05. The van der Waals surface area contributed by atoms with Gasteiger partial charge < -0.3 is 9.29 Å². The van der Waals surface area contributed by atoms with Crippen LogP contribution >= 0.6 is 10.3 Å². The third kappa shape index (κ3) is 6.23. The normalized spacial score (nSPS) is 20.0. The number of hydrogen-bond donors (Lipinski definition) is 1. The largest absolute Gasteiger partial charge is 0.517 e. The fourth-order valence-corrected chi connectivity index (χ4v) is 10.6. The van der Waals surface area contributed by atoms with Crippen LogP contribution in [0.5, 0.6) is 0 Å². The highest BCUT2D eigenvalue weighted by atomic mass is 32.3. The molecule has 4 heteroatoms. The Hall–Kier alpha value is -2.72. The zero-order valence-corrected chi connectivity index (χ0v) is 25.3. The maximum Gasteiger partial charge on any atom is 0.517 e. The lowest BCUT2D eigenvalue weighted by Gasteiger charge is -2.39. The third-order valence-electron chi connectivity index (χ3n) is 10.1. The molecule has 218 valence electrons. The summed E-state index contributed by atoms with van der Waals surface area (Å²) < 4.78 is 6.15. The van der Waals surface area contributed by atoms with Crippen molar-refractivity contribution in [3.63, 3.8) is 0 Å². The van der Waals surface area contributed by atoms with Crippen molar-refractivity contribution in [2.24, 2.45) is 0 Å². The summed E-state index contributed by atoms with van der Waals surface area (Å²) in [6.07, 6.45) is 18.0. The SMILES string of the molecule is O=C(O)OS(c1ccc(C2CCCCC2)cc1)(c1ccc(C2CCCCC2)cc1)c1ccc(C2CCCCC2)cc1. The molecule has 0 amide bonds. The molecular formula is C37H46O3S. The second kappa shape index (κ2) is 13.1. The summed E-state index contributed by atoms with van der Waals surface area (Å²) in [5.41, 5.74) is 4.12. The van der Waals surface area contributed by atoms with Crippen molar-refractivity contribution in [1.29, 1.82) is 0 Å². The van der Waals surface area contributed by atoms with Crippen molar-refractivity contribution in [1.82, 2.24) is 0 Å². The molecule has 3 nitrogen and oxygen atoms in total.